The number of ketones is 1. The number of nitrogens with one attached hydrogen (secondary N) is 2. The zero-order chi connectivity index (χ0) is 31.2. The Balaban J connectivity index is 1.66. The van der Waals surface area contributed by atoms with Gasteiger partial charge in [-0.15, -0.1) is 0 Å². The van der Waals surface area contributed by atoms with E-state index in [1.165, 1.54) is 4.90 Å². The number of rotatable bonds is 13. The quantitative estimate of drug-likeness (QED) is 0.263. The number of ether oxygens (including phenoxy) is 1. The van der Waals surface area contributed by atoms with Crippen LogP contribution in [0.5, 0.6) is 0 Å². The Morgan fingerprint density at radius 3 is 2.00 bits per heavy atom. The molecule has 0 bridgehead atoms. The van der Waals surface area contributed by atoms with Crippen molar-refractivity contribution in [2.24, 2.45) is 5.92 Å². The predicted molar refractivity (Wildman–Crippen MR) is 159 cm³/mol. The van der Waals surface area contributed by atoms with Crippen LogP contribution in [0.4, 0.5) is 9.59 Å². The maximum atomic E-state index is 13.8. The van der Waals surface area contributed by atoms with Gasteiger partial charge in [0.2, 0.25) is 5.91 Å². The monoisotopic (exact) mass is 595 g/mol. The second-order valence-electron chi connectivity index (χ2n) is 10.8. The lowest BCUT2D eigenvalue weighted by molar-refractivity contribution is -0.780. The molecule has 0 spiro atoms. The third-order valence-electron chi connectivity index (χ3n) is 7.85. The van der Waals surface area contributed by atoms with E-state index < -0.39 is 34.5 Å². The number of benzene rings is 2. The number of hydroxylamine groups is 1. The van der Waals surface area contributed by atoms with E-state index in [1.54, 1.807) is 6.92 Å². The lowest BCUT2D eigenvalue weighted by Gasteiger charge is -2.40. The van der Waals surface area contributed by atoms with E-state index in [1.807, 2.05) is 74.5 Å². The highest BCUT2D eigenvalue weighted by Crippen LogP contribution is 2.21. The first-order chi connectivity index (χ1) is 20.7. The van der Waals surface area contributed by atoms with Gasteiger partial charge in [0.25, 0.3) is 0 Å². The van der Waals surface area contributed by atoms with Crippen LogP contribution in [0.25, 0.3) is 0 Å². The number of imide groups is 1. The minimum atomic E-state index is -0.742. The van der Waals surface area contributed by atoms with Gasteiger partial charge in [0.1, 0.15) is 19.7 Å². The molecule has 2 atom stereocenters. The van der Waals surface area contributed by atoms with Gasteiger partial charge >= 0.3 is 18.0 Å². The standard InChI is InChI=1S/C32H42N4O7/c1-4-24(3)30(27(37)5-2)33-31(40)36(29(39)17-16-28(38)34-43-23-26-14-10-7-11-15-26)20-18-35(19-21-36)32(41)42-22-25-12-8-6-9-13-25/h6-15,24,30H,4-5,16-23H2,1-3H3,(H-,33,34,38,40)/p+1/t24-,30-/m0/s1. The number of carbonyl (C=O) groups excluding carboxylic acids is 5. The summed E-state index contributed by atoms with van der Waals surface area (Å²) in [5, 5.41) is 2.84. The average Bonchev–Trinajstić information content (AvgIpc) is 3.05. The molecule has 0 unspecified atom stereocenters. The number of Topliss-reactive ketones (excluding diaryl/α,β-unsaturated/α-hetero) is 1. The predicted octanol–water partition coefficient (Wildman–Crippen LogP) is 4.11. The summed E-state index contributed by atoms with van der Waals surface area (Å²) in [4.78, 5) is 72.1. The van der Waals surface area contributed by atoms with Gasteiger partial charge in [-0.2, -0.15) is 4.48 Å². The Hall–Kier alpha value is -4.09. The van der Waals surface area contributed by atoms with E-state index in [-0.39, 0.29) is 70.4 Å². The summed E-state index contributed by atoms with van der Waals surface area (Å²) in [5.74, 6) is -1.22. The third kappa shape index (κ3) is 9.45. The van der Waals surface area contributed by atoms with Crippen molar-refractivity contribution in [3.05, 3.63) is 71.8 Å². The number of piperazine rings is 1. The van der Waals surface area contributed by atoms with Gasteiger partial charge < -0.3 is 4.74 Å². The van der Waals surface area contributed by atoms with Crippen molar-refractivity contribution in [2.75, 3.05) is 26.2 Å². The van der Waals surface area contributed by atoms with Crippen molar-refractivity contribution in [1.29, 1.82) is 0 Å². The normalized spacial score (nSPS) is 15.6. The Morgan fingerprint density at radius 1 is 0.860 bits per heavy atom. The highest BCUT2D eigenvalue weighted by atomic mass is 16.6. The van der Waals surface area contributed by atoms with Crippen LogP contribution in [0.1, 0.15) is 57.6 Å². The molecular weight excluding hydrogens is 552 g/mol. The fourth-order valence-electron chi connectivity index (χ4n) is 4.88. The molecule has 0 radical (unpaired) electrons. The fourth-order valence-corrected chi connectivity index (χ4v) is 4.88. The molecule has 2 aromatic carbocycles. The Labute approximate surface area is 253 Å². The number of amides is 5. The van der Waals surface area contributed by atoms with Crippen molar-refractivity contribution in [2.45, 2.75) is 65.7 Å². The average molecular weight is 596 g/mol. The first-order valence-corrected chi connectivity index (χ1v) is 14.8. The molecule has 2 N–H and O–H groups in total. The summed E-state index contributed by atoms with van der Waals surface area (Å²) < 4.78 is 4.82. The van der Waals surface area contributed by atoms with Gasteiger partial charge in [0, 0.05) is 12.8 Å². The number of urea groups is 1. The number of hydrogen-bond acceptors (Lipinski definition) is 7. The minimum Gasteiger partial charge on any atom is -0.445 e. The minimum absolute atomic E-state index is 0.00916. The summed E-state index contributed by atoms with van der Waals surface area (Å²) in [6.45, 7) is 5.98. The lowest BCUT2D eigenvalue weighted by Crippen LogP contribution is -2.69. The van der Waals surface area contributed by atoms with Crippen LogP contribution in [0.15, 0.2) is 60.7 Å². The van der Waals surface area contributed by atoms with Crippen LogP contribution < -0.4 is 10.8 Å². The van der Waals surface area contributed by atoms with E-state index in [0.29, 0.717) is 6.42 Å². The number of quaternary nitrogens is 1. The van der Waals surface area contributed by atoms with Crippen molar-refractivity contribution in [3.8, 4) is 0 Å². The van der Waals surface area contributed by atoms with E-state index in [9.17, 15) is 24.0 Å². The number of nitrogens with zero attached hydrogens (tertiary/aromatic N) is 2. The molecule has 0 aromatic heterocycles. The van der Waals surface area contributed by atoms with Crippen LogP contribution in [-0.4, -0.2) is 71.3 Å². The largest absolute Gasteiger partial charge is 0.445 e. The molecular formula is C32H43N4O7+. The molecule has 1 aliphatic heterocycles. The van der Waals surface area contributed by atoms with Crippen LogP contribution in [0, 0.1) is 5.92 Å². The first-order valence-electron chi connectivity index (χ1n) is 14.8. The molecule has 0 aliphatic carbocycles. The molecule has 3 rings (SSSR count). The van der Waals surface area contributed by atoms with E-state index >= 15 is 0 Å². The summed E-state index contributed by atoms with van der Waals surface area (Å²) in [5.41, 5.74) is 4.06. The van der Waals surface area contributed by atoms with E-state index in [4.69, 9.17) is 9.57 Å². The Kier molecular flexibility index (Phi) is 12.8. The molecule has 11 heteroatoms. The molecule has 0 saturated carbocycles. The Bertz CT molecular complexity index is 1230. The third-order valence-corrected chi connectivity index (χ3v) is 7.85. The van der Waals surface area contributed by atoms with Crippen LogP contribution in [0.2, 0.25) is 0 Å². The van der Waals surface area contributed by atoms with Crippen molar-refractivity contribution in [3.63, 3.8) is 0 Å². The van der Waals surface area contributed by atoms with Gasteiger partial charge in [-0.25, -0.2) is 19.9 Å². The van der Waals surface area contributed by atoms with Crippen molar-refractivity contribution in [1.82, 2.24) is 15.7 Å². The smallest absolute Gasteiger partial charge is 0.424 e. The fraction of sp³-hybridized carbons (Fsp3) is 0.469. The molecule has 43 heavy (non-hydrogen) atoms. The highest BCUT2D eigenvalue weighted by molar-refractivity contribution is 5.91. The molecule has 2 aromatic rings. The van der Waals surface area contributed by atoms with Gasteiger partial charge in [0.15, 0.2) is 5.78 Å². The molecule has 1 saturated heterocycles. The summed E-state index contributed by atoms with van der Waals surface area (Å²) in [7, 11) is 0. The van der Waals surface area contributed by atoms with Gasteiger partial charge in [-0.3, -0.25) is 24.6 Å². The van der Waals surface area contributed by atoms with Gasteiger partial charge in [-0.1, -0.05) is 87.9 Å². The SMILES string of the molecule is CCC(=O)[C@@H](NC(=O)[N+]1(C(=O)CCC(=O)NOCc2ccccc2)CCN(C(=O)OCc2ccccc2)CC1)[C@@H](C)CC. The van der Waals surface area contributed by atoms with Crippen LogP contribution in [0.3, 0.4) is 0 Å². The maximum Gasteiger partial charge on any atom is 0.424 e. The lowest BCUT2D eigenvalue weighted by atomic mass is 9.94. The molecule has 5 amide bonds. The molecule has 1 heterocycles. The molecule has 1 aliphatic rings. The van der Waals surface area contributed by atoms with E-state index in [0.717, 1.165) is 11.1 Å². The number of carbonyl (C=O) groups is 5. The highest BCUT2D eigenvalue weighted by Gasteiger charge is 2.49. The van der Waals surface area contributed by atoms with E-state index in [2.05, 4.69) is 10.8 Å². The summed E-state index contributed by atoms with van der Waals surface area (Å²) in [6.07, 6.45) is -0.0420. The molecule has 11 nitrogen and oxygen atoms in total. The van der Waals surface area contributed by atoms with Crippen molar-refractivity contribution >= 4 is 29.7 Å². The zero-order valence-electron chi connectivity index (χ0n) is 25.3. The Morgan fingerprint density at radius 2 is 1.44 bits per heavy atom. The van der Waals surface area contributed by atoms with Gasteiger partial charge in [0.05, 0.1) is 32.2 Å². The van der Waals surface area contributed by atoms with Crippen LogP contribution in [-0.2, 0) is 37.2 Å². The topological polar surface area (TPSA) is 131 Å². The number of hydrogen-bond donors (Lipinski definition) is 2. The second-order valence-corrected chi connectivity index (χ2v) is 10.8. The summed E-state index contributed by atoms with van der Waals surface area (Å²) >= 11 is 0. The molecule has 232 valence electrons. The zero-order valence-corrected chi connectivity index (χ0v) is 25.3. The van der Waals surface area contributed by atoms with Crippen LogP contribution >= 0.6 is 0 Å². The second kappa shape index (κ2) is 16.5. The molecule has 1 fully saturated rings. The summed E-state index contributed by atoms with van der Waals surface area (Å²) in [6, 6.07) is 17.2. The maximum absolute atomic E-state index is 13.8. The van der Waals surface area contributed by atoms with Gasteiger partial charge in [-0.05, 0) is 17.0 Å². The van der Waals surface area contributed by atoms with Crippen molar-refractivity contribution < 1.29 is 38.0 Å². The first kappa shape index (κ1) is 33.4.